The molecule has 0 aliphatic carbocycles. The van der Waals surface area contributed by atoms with Gasteiger partial charge in [0, 0.05) is 11.3 Å². The molecule has 0 unspecified atom stereocenters. The van der Waals surface area contributed by atoms with E-state index in [0.717, 1.165) is 0 Å². The van der Waals surface area contributed by atoms with E-state index in [4.69, 9.17) is 11.5 Å². The summed E-state index contributed by atoms with van der Waals surface area (Å²) in [5.41, 5.74) is 12.1. The van der Waals surface area contributed by atoms with E-state index >= 15 is 0 Å². The SMILES string of the molecule is C=N/C(N)=C\C=C(/N)c1cccc(F)c1. The number of allylic oxidation sites excluding steroid dienone is 2. The van der Waals surface area contributed by atoms with Gasteiger partial charge in [0.15, 0.2) is 0 Å². The molecule has 0 saturated carbocycles. The number of nitrogens with zero attached hydrogens (tertiary/aromatic N) is 1. The molecule has 78 valence electrons. The molecule has 0 spiro atoms. The van der Waals surface area contributed by atoms with E-state index in [9.17, 15) is 4.39 Å². The van der Waals surface area contributed by atoms with E-state index in [1.807, 2.05) is 0 Å². The molecule has 0 aliphatic rings. The number of aliphatic imine (C=N–C) groups is 1. The third-order valence-electron chi connectivity index (χ3n) is 1.77. The van der Waals surface area contributed by atoms with Crippen LogP contribution in [-0.2, 0) is 0 Å². The zero-order chi connectivity index (χ0) is 11.3. The van der Waals surface area contributed by atoms with Crippen molar-refractivity contribution < 1.29 is 4.39 Å². The van der Waals surface area contributed by atoms with Gasteiger partial charge in [0.05, 0.1) is 0 Å². The Morgan fingerprint density at radius 1 is 1.33 bits per heavy atom. The lowest BCUT2D eigenvalue weighted by Crippen LogP contribution is -1.97. The molecule has 3 nitrogen and oxygen atoms in total. The normalized spacial score (nSPS) is 12.6. The Kier molecular flexibility index (Phi) is 3.62. The Morgan fingerprint density at radius 3 is 2.67 bits per heavy atom. The molecule has 1 aromatic rings. The van der Waals surface area contributed by atoms with Crippen molar-refractivity contribution in [3.63, 3.8) is 0 Å². The zero-order valence-corrected chi connectivity index (χ0v) is 8.15. The molecule has 15 heavy (non-hydrogen) atoms. The van der Waals surface area contributed by atoms with E-state index in [-0.39, 0.29) is 11.6 Å². The van der Waals surface area contributed by atoms with Crippen molar-refractivity contribution in [1.29, 1.82) is 0 Å². The first-order chi connectivity index (χ1) is 7.13. The van der Waals surface area contributed by atoms with Gasteiger partial charge in [0.25, 0.3) is 0 Å². The number of halogens is 1. The molecule has 0 saturated heterocycles. The van der Waals surface area contributed by atoms with Gasteiger partial charge in [-0.05, 0) is 31.0 Å². The van der Waals surface area contributed by atoms with Gasteiger partial charge in [0.2, 0.25) is 0 Å². The predicted molar refractivity (Wildman–Crippen MR) is 60.4 cm³/mol. The smallest absolute Gasteiger partial charge is 0.123 e. The number of hydrogen-bond donors (Lipinski definition) is 2. The molecule has 0 atom stereocenters. The topological polar surface area (TPSA) is 64.4 Å². The van der Waals surface area contributed by atoms with Gasteiger partial charge in [-0.15, -0.1) is 0 Å². The second-order valence-electron chi connectivity index (χ2n) is 2.88. The van der Waals surface area contributed by atoms with Crippen LogP contribution in [0.4, 0.5) is 4.39 Å². The minimum Gasteiger partial charge on any atom is -0.398 e. The summed E-state index contributed by atoms with van der Waals surface area (Å²) in [6.45, 7) is 3.25. The molecule has 0 radical (unpaired) electrons. The molecule has 1 aromatic carbocycles. The van der Waals surface area contributed by atoms with Crippen molar-refractivity contribution in [1.82, 2.24) is 0 Å². The molecule has 4 heteroatoms. The van der Waals surface area contributed by atoms with E-state index in [0.29, 0.717) is 11.3 Å². The highest BCUT2D eigenvalue weighted by Crippen LogP contribution is 2.10. The standard InChI is InChI=1S/C11H12FN3/c1-15-11(14)6-5-10(13)8-3-2-4-9(12)7-8/h2-7H,1,13-14H2/b10-5-,11-6-. The summed E-state index contributed by atoms with van der Waals surface area (Å²) in [5, 5.41) is 0. The zero-order valence-electron chi connectivity index (χ0n) is 8.15. The first-order valence-corrected chi connectivity index (χ1v) is 4.29. The van der Waals surface area contributed by atoms with E-state index in [1.165, 1.54) is 18.2 Å². The molecule has 0 aliphatic heterocycles. The molecule has 0 aromatic heterocycles. The first kappa shape index (κ1) is 11.0. The largest absolute Gasteiger partial charge is 0.398 e. The third kappa shape index (κ3) is 3.27. The van der Waals surface area contributed by atoms with Gasteiger partial charge in [-0.2, -0.15) is 0 Å². The molecule has 0 amide bonds. The summed E-state index contributed by atoms with van der Waals surface area (Å²) < 4.78 is 12.8. The maximum Gasteiger partial charge on any atom is 0.123 e. The number of rotatable bonds is 3. The van der Waals surface area contributed by atoms with Crippen LogP contribution in [0.3, 0.4) is 0 Å². The summed E-state index contributed by atoms with van der Waals surface area (Å²) in [6.07, 6.45) is 3.06. The van der Waals surface area contributed by atoms with Crippen LogP contribution >= 0.6 is 0 Å². The van der Waals surface area contributed by atoms with Crippen molar-refractivity contribution in [2.24, 2.45) is 16.5 Å². The van der Waals surface area contributed by atoms with E-state index < -0.39 is 0 Å². The second-order valence-corrected chi connectivity index (χ2v) is 2.88. The molecule has 0 bridgehead atoms. The average Bonchev–Trinajstić information content (AvgIpc) is 2.25. The lowest BCUT2D eigenvalue weighted by atomic mass is 10.1. The molecule has 1 rings (SSSR count). The Labute approximate surface area is 87.6 Å². The number of nitrogens with two attached hydrogens (primary N) is 2. The van der Waals surface area contributed by atoms with Crippen molar-refractivity contribution >= 4 is 12.4 Å². The lowest BCUT2D eigenvalue weighted by molar-refractivity contribution is 0.627. The average molecular weight is 205 g/mol. The van der Waals surface area contributed by atoms with Crippen molar-refractivity contribution in [3.8, 4) is 0 Å². The van der Waals surface area contributed by atoms with E-state index in [1.54, 1.807) is 18.2 Å². The molecular weight excluding hydrogens is 193 g/mol. The van der Waals surface area contributed by atoms with Gasteiger partial charge < -0.3 is 11.5 Å². The summed E-state index contributed by atoms with van der Waals surface area (Å²) >= 11 is 0. The van der Waals surface area contributed by atoms with Crippen LogP contribution in [0.25, 0.3) is 5.70 Å². The fourth-order valence-electron chi connectivity index (χ4n) is 0.992. The summed E-state index contributed by atoms with van der Waals surface area (Å²) in [5.74, 6) is -0.0722. The fraction of sp³-hybridized carbons (Fsp3) is 0. The summed E-state index contributed by atoms with van der Waals surface area (Å²) in [7, 11) is 0. The lowest BCUT2D eigenvalue weighted by Gasteiger charge is -2.00. The Morgan fingerprint density at radius 2 is 2.07 bits per heavy atom. The quantitative estimate of drug-likeness (QED) is 0.581. The van der Waals surface area contributed by atoms with Gasteiger partial charge in [0.1, 0.15) is 11.6 Å². The Balaban J connectivity index is 2.94. The van der Waals surface area contributed by atoms with Crippen molar-refractivity contribution in [2.75, 3.05) is 0 Å². The van der Waals surface area contributed by atoms with Crippen LogP contribution in [0.1, 0.15) is 5.56 Å². The van der Waals surface area contributed by atoms with Crippen LogP contribution in [0.15, 0.2) is 47.2 Å². The number of benzene rings is 1. The monoisotopic (exact) mass is 205 g/mol. The van der Waals surface area contributed by atoms with Crippen LogP contribution < -0.4 is 11.5 Å². The molecule has 0 fully saturated rings. The fourth-order valence-corrected chi connectivity index (χ4v) is 0.992. The highest BCUT2D eigenvalue weighted by molar-refractivity contribution is 5.64. The highest BCUT2D eigenvalue weighted by Gasteiger charge is 1.96. The van der Waals surface area contributed by atoms with Crippen molar-refractivity contribution in [3.05, 3.63) is 53.6 Å². The van der Waals surface area contributed by atoms with Crippen LogP contribution in [0.5, 0.6) is 0 Å². The number of hydrogen-bond acceptors (Lipinski definition) is 3. The molecule has 4 N–H and O–H groups in total. The van der Waals surface area contributed by atoms with Gasteiger partial charge in [-0.3, -0.25) is 0 Å². The van der Waals surface area contributed by atoms with Crippen LogP contribution in [0.2, 0.25) is 0 Å². The first-order valence-electron chi connectivity index (χ1n) is 4.29. The second kappa shape index (κ2) is 4.95. The predicted octanol–water partition coefficient (Wildman–Crippen LogP) is 1.63. The Hall–Kier alpha value is -2.10. The maximum atomic E-state index is 12.8. The summed E-state index contributed by atoms with van der Waals surface area (Å²) in [6, 6.07) is 5.99. The van der Waals surface area contributed by atoms with Crippen LogP contribution in [-0.4, -0.2) is 6.72 Å². The van der Waals surface area contributed by atoms with Crippen molar-refractivity contribution in [2.45, 2.75) is 0 Å². The molecule has 0 heterocycles. The molecular formula is C11H12FN3. The maximum absolute atomic E-state index is 12.8. The van der Waals surface area contributed by atoms with Crippen LogP contribution in [0, 0.1) is 5.82 Å². The minimum atomic E-state index is -0.331. The van der Waals surface area contributed by atoms with E-state index in [2.05, 4.69) is 11.7 Å². The highest BCUT2D eigenvalue weighted by atomic mass is 19.1. The minimum absolute atomic E-state index is 0.259. The Bertz CT molecular complexity index is 422. The van der Waals surface area contributed by atoms with Gasteiger partial charge in [-0.1, -0.05) is 12.1 Å². The summed E-state index contributed by atoms with van der Waals surface area (Å²) in [4.78, 5) is 3.49. The van der Waals surface area contributed by atoms with Gasteiger partial charge >= 0.3 is 0 Å². The van der Waals surface area contributed by atoms with Gasteiger partial charge in [-0.25, -0.2) is 9.38 Å². The third-order valence-corrected chi connectivity index (χ3v) is 1.77.